The maximum absolute atomic E-state index is 12.0. The molecule has 12 nitrogen and oxygen atoms in total. The van der Waals surface area contributed by atoms with Crippen molar-refractivity contribution in [1.29, 1.82) is 0 Å². The second kappa shape index (κ2) is 19.3. The molecule has 0 bridgehead atoms. The Kier molecular flexibility index (Phi) is 15.6. The summed E-state index contributed by atoms with van der Waals surface area (Å²) < 4.78 is 21.7. The van der Waals surface area contributed by atoms with Crippen LogP contribution < -0.4 is 20.3 Å². The molecule has 218 valence electrons. The summed E-state index contributed by atoms with van der Waals surface area (Å²) in [5.41, 5.74) is 3.02. The molecule has 0 spiro atoms. The number of amides is 2. The number of aliphatic hydroxyl groups excluding tert-OH is 1. The van der Waals surface area contributed by atoms with E-state index in [1.807, 2.05) is 0 Å². The molecule has 40 heavy (non-hydrogen) atoms. The van der Waals surface area contributed by atoms with E-state index in [0.29, 0.717) is 62.9 Å². The summed E-state index contributed by atoms with van der Waals surface area (Å²) in [5, 5.41) is 20.0. The number of benzene rings is 2. The Bertz CT molecular complexity index is 972. The van der Waals surface area contributed by atoms with Crippen LogP contribution in [0.1, 0.15) is 24.0 Å². The van der Waals surface area contributed by atoms with Gasteiger partial charge in [-0.05, 0) is 41.8 Å². The highest BCUT2D eigenvalue weighted by atomic mass is 16.5. The van der Waals surface area contributed by atoms with Crippen LogP contribution in [0.4, 0.5) is 0 Å². The Morgan fingerprint density at radius 3 is 1.85 bits per heavy atom. The lowest BCUT2D eigenvalue weighted by atomic mass is 10.1. The van der Waals surface area contributed by atoms with Crippen LogP contribution in [-0.2, 0) is 41.5 Å². The second-order valence-corrected chi connectivity index (χ2v) is 8.67. The normalized spacial score (nSPS) is 10.6. The number of ketones is 2. The van der Waals surface area contributed by atoms with Crippen LogP contribution in [-0.4, -0.2) is 86.5 Å². The smallest absolute Gasteiger partial charge is 0.258 e. The van der Waals surface area contributed by atoms with Crippen molar-refractivity contribution in [3.05, 3.63) is 59.7 Å². The lowest BCUT2D eigenvalue weighted by Crippen LogP contribution is -2.31. The molecule has 0 aliphatic rings. The number of carbonyl (C=O) groups is 4. The fourth-order valence-electron chi connectivity index (χ4n) is 3.31. The maximum Gasteiger partial charge on any atom is 0.258 e. The number of hydroxylamine groups is 1. The van der Waals surface area contributed by atoms with Crippen LogP contribution in [0, 0.1) is 0 Å². The van der Waals surface area contributed by atoms with Gasteiger partial charge in [0.25, 0.3) is 5.91 Å². The molecule has 2 rings (SSSR count). The van der Waals surface area contributed by atoms with Gasteiger partial charge in [-0.15, -0.1) is 0 Å². The van der Waals surface area contributed by atoms with Gasteiger partial charge in [0.1, 0.15) is 24.7 Å². The summed E-state index contributed by atoms with van der Waals surface area (Å²) in [5.74, 6) is -0.130. The Labute approximate surface area is 232 Å². The van der Waals surface area contributed by atoms with Gasteiger partial charge >= 0.3 is 0 Å². The fourth-order valence-corrected chi connectivity index (χ4v) is 3.31. The molecular weight excluding hydrogens is 524 g/mol. The molecular formula is C28H36N2O10. The number of carbonyl (C=O) groups excluding carboxylic acids is 4. The molecule has 12 heteroatoms. The number of hydrogen-bond acceptors (Lipinski definition) is 10. The van der Waals surface area contributed by atoms with Crippen molar-refractivity contribution in [3.8, 4) is 11.5 Å². The van der Waals surface area contributed by atoms with Gasteiger partial charge in [-0.1, -0.05) is 24.3 Å². The van der Waals surface area contributed by atoms with E-state index in [4.69, 9.17) is 29.3 Å². The van der Waals surface area contributed by atoms with Crippen LogP contribution in [0.2, 0.25) is 0 Å². The molecule has 0 radical (unpaired) electrons. The molecule has 0 heterocycles. The highest BCUT2D eigenvalue weighted by molar-refractivity contribution is 5.82. The molecule has 0 unspecified atom stereocenters. The van der Waals surface area contributed by atoms with Crippen molar-refractivity contribution in [2.24, 2.45) is 0 Å². The van der Waals surface area contributed by atoms with Crippen molar-refractivity contribution >= 4 is 23.4 Å². The largest absolute Gasteiger partial charge is 0.486 e. The Morgan fingerprint density at radius 1 is 0.675 bits per heavy atom. The Morgan fingerprint density at radius 2 is 1.25 bits per heavy atom. The maximum atomic E-state index is 12.0. The molecule has 0 aromatic heterocycles. The predicted octanol–water partition coefficient (Wildman–Crippen LogP) is 0.795. The van der Waals surface area contributed by atoms with E-state index >= 15 is 0 Å². The third kappa shape index (κ3) is 14.4. The number of Topliss-reactive ketones (excluding diaryl/α,β-unsaturated/α-hetero) is 2. The molecule has 2 aromatic carbocycles. The van der Waals surface area contributed by atoms with E-state index in [0.717, 1.165) is 5.56 Å². The van der Waals surface area contributed by atoms with Crippen LogP contribution in [0.3, 0.4) is 0 Å². The van der Waals surface area contributed by atoms with E-state index in [2.05, 4.69) is 5.32 Å². The monoisotopic (exact) mass is 560 g/mol. The second-order valence-electron chi connectivity index (χ2n) is 8.67. The van der Waals surface area contributed by atoms with Gasteiger partial charge in [-0.2, -0.15) is 0 Å². The van der Waals surface area contributed by atoms with Crippen molar-refractivity contribution in [2.75, 3.05) is 52.8 Å². The van der Waals surface area contributed by atoms with Crippen molar-refractivity contribution in [2.45, 2.75) is 25.7 Å². The van der Waals surface area contributed by atoms with Crippen LogP contribution in [0.25, 0.3) is 0 Å². The van der Waals surface area contributed by atoms with Gasteiger partial charge in [-0.3, -0.25) is 24.4 Å². The predicted molar refractivity (Wildman–Crippen MR) is 142 cm³/mol. The lowest BCUT2D eigenvalue weighted by molar-refractivity contribution is -0.128. The first-order valence-corrected chi connectivity index (χ1v) is 12.8. The van der Waals surface area contributed by atoms with E-state index in [1.54, 1.807) is 54.0 Å². The number of ether oxygens (including phenoxy) is 4. The zero-order valence-corrected chi connectivity index (χ0v) is 22.3. The van der Waals surface area contributed by atoms with Gasteiger partial charge in [-0.25, -0.2) is 5.48 Å². The van der Waals surface area contributed by atoms with Crippen LogP contribution in [0.5, 0.6) is 11.5 Å². The summed E-state index contributed by atoms with van der Waals surface area (Å²) in [6.07, 6.45) is 1.07. The topological polar surface area (TPSA) is 170 Å². The quantitative estimate of drug-likeness (QED) is 0.0973. The highest BCUT2D eigenvalue weighted by Gasteiger charge is 2.07. The molecule has 2 amide bonds. The number of rotatable bonds is 21. The summed E-state index contributed by atoms with van der Waals surface area (Å²) in [6, 6.07) is 13.4. The standard InChI is InChI=1S/C28H36N2O10/c31-18-24(33)16-21-3-7-25(8-4-21)39-19-23(32)2-1-12-37-14-15-38-13-11-29-28(35)20-40-26-9-5-22(6-10-26)17-27(34)30-36/h3-10,31,36H,1-2,11-20H2,(H,29,35)(H,30,34). The first-order valence-electron chi connectivity index (χ1n) is 12.8. The third-order valence-corrected chi connectivity index (χ3v) is 5.37. The summed E-state index contributed by atoms with van der Waals surface area (Å²) >= 11 is 0. The molecule has 0 aliphatic heterocycles. The highest BCUT2D eigenvalue weighted by Crippen LogP contribution is 2.14. The van der Waals surface area contributed by atoms with E-state index in [-0.39, 0.29) is 43.5 Å². The van der Waals surface area contributed by atoms with Gasteiger partial charge in [0.2, 0.25) is 5.91 Å². The average molecular weight is 561 g/mol. The summed E-state index contributed by atoms with van der Waals surface area (Å²) in [4.78, 5) is 46.2. The molecule has 0 saturated heterocycles. The van der Waals surface area contributed by atoms with Gasteiger partial charge in [0.15, 0.2) is 18.2 Å². The number of aliphatic hydroxyl groups is 1. The molecule has 2 aromatic rings. The van der Waals surface area contributed by atoms with Crippen molar-refractivity contribution in [1.82, 2.24) is 10.8 Å². The van der Waals surface area contributed by atoms with Gasteiger partial charge < -0.3 is 29.4 Å². The van der Waals surface area contributed by atoms with Gasteiger partial charge in [0.05, 0.1) is 26.2 Å². The molecule has 0 aliphatic carbocycles. The number of nitrogens with one attached hydrogen (secondary N) is 2. The first kappa shape index (κ1) is 32.4. The van der Waals surface area contributed by atoms with Gasteiger partial charge in [0, 0.05) is 26.0 Å². The molecule has 0 saturated carbocycles. The van der Waals surface area contributed by atoms with Crippen molar-refractivity contribution < 1.29 is 48.4 Å². The zero-order chi connectivity index (χ0) is 29.0. The third-order valence-electron chi connectivity index (χ3n) is 5.37. The SMILES string of the molecule is O=C(CCCOCCOCCNC(=O)COc1ccc(CC(=O)NO)cc1)COc1ccc(CC(=O)CO)cc1. The van der Waals surface area contributed by atoms with E-state index in [9.17, 15) is 19.2 Å². The minimum Gasteiger partial charge on any atom is -0.486 e. The minimum atomic E-state index is -0.520. The first-order chi connectivity index (χ1) is 19.4. The molecule has 0 fully saturated rings. The van der Waals surface area contributed by atoms with Crippen LogP contribution >= 0.6 is 0 Å². The van der Waals surface area contributed by atoms with Crippen molar-refractivity contribution in [3.63, 3.8) is 0 Å². The summed E-state index contributed by atoms with van der Waals surface area (Å²) in [6.45, 7) is 1.05. The average Bonchev–Trinajstić information content (AvgIpc) is 2.97. The minimum absolute atomic E-state index is 0.0362. The Hall–Kier alpha value is -3.84. The zero-order valence-electron chi connectivity index (χ0n) is 22.3. The fraction of sp³-hybridized carbons (Fsp3) is 0.429. The summed E-state index contributed by atoms with van der Waals surface area (Å²) in [7, 11) is 0. The lowest BCUT2D eigenvalue weighted by Gasteiger charge is -2.09. The van der Waals surface area contributed by atoms with Crippen LogP contribution in [0.15, 0.2) is 48.5 Å². The molecule has 4 N–H and O–H groups in total. The van der Waals surface area contributed by atoms with E-state index < -0.39 is 12.5 Å². The van der Waals surface area contributed by atoms with E-state index in [1.165, 1.54) is 0 Å². The number of hydrogen-bond donors (Lipinski definition) is 4. The Balaban J connectivity index is 1.41. The molecule has 0 atom stereocenters.